The number of piperidine rings is 1. The Morgan fingerprint density at radius 2 is 1.93 bits per heavy atom. The van der Waals surface area contributed by atoms with Crippen LogP contribution >= 0.6 is 22.7 Å². The van der Waals surface area contributed by atoms with E-state index in [2.05, 4.69) is 31.1 Å². The summed E-state index contributed by atoms with van der Waals surface area (Å²) in [7, 11) is 0. The van der Waals surface area contributed by atoms with Gasteiger partial charge >= 0.3 is 0 Å². The van der Waals surface area contributed by atoms with Gasteiger partial charge in [0.1, 0.15) is 0 Å². The predicted molar refractivity (Wildman–Crippen MR) is 116 cm³/mol. The lowest BCUT2D eigenvalue weighted by atomic mass is 9.93. The predicted octanol–water partition coefficient (Wildman–Crippen LogP) is 5.58. The van der Waals surface area contributed by atoms with E-state index >= 15 is 0 Å². The molecule has 1 fully saturated rings. The molecule has 1 aliphatic heterocycles. The Bertz CT molecular complexity index is 948. The summed E-state index contributed by atoms with van der Waals surface area (Å²) in [5.41, 5.74) is 2.19. The first-order valence-electron chi connectivity index (χ1n) is 9.68. The highest BCUT2D eigenvalue weighted by Crippen LogP contribution is 2.34. The first-order chi connectivity index (χ1) is 13.4. The van der Waals surface area contributed by atoms with Gasteiger partial charge in [-0.1, -0.05) is 26.8 Å². The Morgan fingerprint density at radius 1 is 1.14 bits per heavy atom. The second-order valence-electron chi connectivity index (χ2n) is 8.27. The summed E-state index contributed by atoms with van der Waals surface area (Å²) >= 11 is 3.30. The van der Waals surface area contributed by atoms with Crippen LogP contribution in [0.4, 0.5) is 0 Å². The van der Waals surface area contributed by atoms with Gasteiger partial charge in [0.05, 0.1) is 26.1 Å². The molecular weight excluding hydrogens is 386 g/mol. The minimum absolute atomic E-state index is 0.0932. The fraction of sp³-hybridized carbons (Fsp3) is 0.409. The number of carbonyl (C=O) groups excluding carboxylic acids is 1. The molecule has 0 atom stereocenters. The molecule has 0 aliphatic carbocycles. The number of thiophene rings is 1. The summed E-state index contributed by atoms with van der Waals surface area (Å²) in [5, 5.41) is 3.42. The minimum Gasteiger partial charge on any atom is -0.338 e. The van der Waals surface area contributed by atoms with Crippen LogP contribution in [0.15, 0.2) is 41.9 Å². The lowest BCUT2D eigenvalue weighted by molar-refractivity contribution is 0.0718. The zero-order chi connectivity index (χ0) is 19.7. The average molecular weight is 412 g/mol. The third-order valence-corrected chi connectivity index (χ3v) is 7.26. The molecule has 3 aromatic rings. The third kappa shape index (κ3) is 4.03. The Morgan fingerprint density at radius 3 is 2.57 bits per heavy atom. The smallest absolute Gasteiger partial charge is 0.263 e. The van der Waals surface area contributed by atoms with Gasteiger partial charge < -0.3 is 4.90 Å². The van der Waals surface area contributed by atoms with Gasteiger partial charge in [-0.3, -0.25) is 9.78 Å². The summed E-state index contributed by atoms with van der Waals surface area (Å²) in [5.74, 6) is 0.609. The number of likely N-dealkylation sites (tertiary alicyclic amines) is 1. The van der Waals surface area contributed by atoms with Gasteiger partial charge in [-0.05, 0) is 37.1 Å². The molecule has 146 valence electrons. The van der Waals surface area contributed by atoms with Crippen LogP contribution in [0.2, 0.25) is 0 Å². The molecule has 0 spiro atoms. The van der Waals surface area contributed by atoms with Gasteiger partial charge in [-0.2, -0.15) is 0 Å². The molecular formula is C22H25N3OS2. The van der Waals surface area contributed by atoms with Crippen LogP contribution in [0, 0.1) is 0 Å². The van der Waals surface area contributed by atoms with Crippen molar-refractivity contribution in [2.45, 2.75) is 44.9 Å². The number of carbonyl (C=O) groups is 1. The monoisotopic (exact) mass is 411 g/mol. The van der Waals surface area contributed by atoms with Gasteiger partial charge in [0.25, 0.3) is 5.91 Å². The fourth-order valence-electron chi connectivity index (χ4n) is 3.40. The van der Waals surface area contributed by atoms with Crippen LogP contribution in [0.25, 0.3) is 10.6 Å². The van der Waals surface area contributed by atoms with Crippen LogP contribution in [-0.2, 0) is 5.41 Å². The van der Waals surface area contributed by atoms with Crippen molar-refractivity contribution in [3.63, 3.8) is 0 Å². The maximum Gasteiger partial charge on any atom is 0.263 e. The Hall–Kier alpha value is -2.05. The zero-order valence-electron chi connectivity index (χ0n) is 16.5. The number of rotatable bonds is 3. The first kappa shape index (κ1) is 19.3. The normalized spacial score (nSPS) is 15.8. The molecule has 6 heteroatoms. The third-order valence-electron chi connectivity index (χ3n) is 5.16. The largest absolute Gasteiger partial charge is 0.338 e. The summed E-state index contributed by atoms with van der Waals surface area (Å²) in [4.78, 5) is 26.0. The average Bonchev–Trinajstić information content (AvgIpc) is 3.38. The highest BCUT2D eigenvalue weighted by molar-refractivity contribution is 7.17. The fourth-order valence-corrected chi connectivity index (χ4v) is 5.57. The Balaban J connectivity index is 1.39. The number of thiazole rings is 1. The van der Waals surface area contributed by atoms with Crippen molar-refractivity contribution >= 4 is 28.6 Å². The molecule has 1 saturated heterocycles. The second-order valence-corrected chi connectivity index (χ2v) is 10.2. The van der Waals surface area contributed by atoms with Crippen LogP contribution < -0.4 is 0 Å². The van der Waals surface area contributed by atoms with E-state index < -0.39 is 0 Å². The van der Waals surface area contributed by atoms with Crippen LogP contribution in [0.3, 0.4) is 0 Å². The van der Waals surface area contributed by atoms with E-state index in [-0.39, 0.29) is 11.3 Å². The van der Waals surface area contributed by atoms with E-state index in [0.717, 1.165) is 41.4 Å². The maximum atomic E-state index is 12.9. The summed E-state index contributed by atoms with van der Waals surface area (Å²) in [6.45, 7) is 8.20. The van der Waals surface area contributed by atoms with E-state index in [1.807, 2.05) is 35.2 Å². The van der Waals surface area contributed by atoms with Crippen molar-refractivity contribution in [1.82, 2.24) is 14.9 Å². The zero-order valence-corrected chi connectivity index (χ0v) is 18.1. The van der Waals surface area contributed by atoms with Crippen molar-refractivity contribution in [3.05, 3.63) is 57.5 Å². The molecule has 1 amide bonds. The summed E-state index contributed by atoms with van der Waals surface area (Å²) in [6, 6.07) is 9.78. The van der Waals surface area contributed by atoms with E-state index in [9.17, 15) is 4.79 Å². The Labute approximate surface area is 174 Å². The number of pyridine rings is 1. The van der Waals surface area contributed by atoms with Gasteiger partial charge in [-0.15, -0.1) is 22.7 Å². The van der Waals surface area contributed by atoms with E-state index in [1.54, 1.807) is 17.5 Å². The second kappa shape index (κ2) is 7.76. The molecule has 1 aliphatic rings. The van der Waals surface area contributed by atoms with Crippen molar-refractivity contribution in [2.75, 3.05) is 13.1 Å². The number of aromatic nitrogens is 2. The van der Waals surface area contributed by atoms with Gasteiger partial charge in [-0.25, -0.2) is 4.98 Å². The number of amides is 1. The van der Waals surface area contributed by atoms with E-state index in [1.165, 1.54) is 22.0 Å². The van der Waals surface area contributed by atoms with E-state index in [0.29, 0.717) is 5.92 Å². The molecule has 28 heavy (non-hydrogen) atoms. The number of nitrogens with zero attached hydrogens (tertiary/aromatic N) is 3. The van der Waals surface area contributed by atoms with Crippen molar-refractivity contribution in [1.29, 1.82) is 0 Å². The van der Waals surface area contributed by atoms with Crippen molar-refractivity contribution < 1.29 is 4.79 Å². The lowest BCUT2D eigenvalue weighted by Gasteiger charge is -2.31. The molecule has 4 nitrogen and oxygen atoms in total. The minimum atomic E-state index is 0.0932. The standard InChI is InChI=1S/C22H25N3OS2/c1-22(2,3)19-14-27-20(24-19)15-9-12-25(13-10-15)21(26)18-8-7-17(28-18)16-6-4-5-11-23-16/h4-8,11,14-15H,9-10,12-13H2,1-3H3. The van der Waals surface area contributed by atoms with Crippen molar-refractivity contribution in [3.8, 4) is 10.6 Å². The SMILES string of the molecule is CC(C)(C)c1csc(C2CCN(C(=O)c3ccc(-c4ccccn4)s3)CC2)n1. The topological polar surface area (TPSA) is 46.1 Å². The highest BCUT2D eigenvalue weighted by atomic mass is 32.1. The summed E-state index contributed by atoms with van der Waals surface area (Å²) < 4.78 is 0. The quantitative estimate of drug-likeness (QED) is 0.565. The maximum absolute atomic E-state index is 12.9. The first-order valence-corrected chi connectivity index (χ1v) is 11.4. The molecule has 0 bridgehead atoms. The molecule has 4 heterocycles. The van der Waals surface area contributed by atoms with Gasteiger partial charge in [0.15, 0.2) is 0 Å². The molecule has 3 aromatic heterocycles. The molecule has 4 rings (SSSR count). The van der Waals surface area contributed by atoms with E-state index in [4.69, 9.17) is 4.98 Å². The highest BCUT2D eigenvalue weighted by Gasteiger charge is 2.28. The summed E-state index contributed by atoms with van der Waals surface area (Å²) in [6.07, 6.45) is 3.76. The van der Waals surface area contributed by atoms with Crippen LogP contribution in [0.1, 0.15) is 59.9 Å². The molecule has 0 unspecified atom stereocenters. The molecule has 0 saturated carbocycles. The number of hydrogen-bond donors (Lipinski definition) is 0. The molecule has 0 N–H and O–H groups in total. The van der Waals surface area contributed by atoms with Crippen LogP contribution in [-0.4, -0.2) is 33.9 Å². The van der Waals surface area contributed by atoms with Crippen molar-refractivity contribution in [2.24, 2.45) is 0 Å². The lowest BCUT2D eigenvalue weighted by Crippen LogP contribution is -2.37. The van der Waals surface area contributed by atoms with Crippen LogP contribution in [0.5, 0.6) is 0 Å². The Kier molecular flexibility index (Phi) is 5.34. The number of hydrogen-bond acceptors (Lipinski definition) is 5. The van der Waals surface area contributed by atoms with Gasteiger partial charge in [0, 0.05) is 36.0 Å². The molecule has 0 aromatic carbocycles. The molecule has 0 radical (unpaired) electrons. The van der Waals surface area contributed by atoms with Gasteiger partial charge in [0.2, 0.25) is 0 Å².